The Morgan fingerprint density at radius 2 is 1.92 bits per heavy atom. The molecule has 0 atom stereocenters. The van der Waals surface area contributed by atoms with E-state index in [1.54, 1.807) is 19.0 Å². The van der Waals surface area contributed by atoms with Crippen molar-refractivity contribution >= 4 is 34.7 Å². The molecular weight excluding hydrogens is 212 g/mol. The molecule has 1 amide bonds. The third-order valence-electron chi connectivity index (χ3n) is 0.992. The average Bonchev–Trinajstić information content (AvgIpc) is 2.04. The molecule has 0 heterocycles. The zero-order chi connectivity index (χ0) is 10.4. The van der Waals surface area contributed by atoms with E-state index in [-0.39, 0.29) is 10.4 Å². The summed E-state index contributed by atoms with van der Waals surface area (Å²) in [5, 5.41) is 0.857. The lowest BCUT2D eigenvalue weighted by Gasteiger charge is -2.19. The molecule has 0 bridgehead atoms. The summed E-state index contributed by atoms with van der Waals surface area (Å²) in [6.45, 7) is 0. The number of hydroxylamine groups is 2. The molecule has 0 aromatic heterocycles. The van der Waals surface area contributed by atoms with Gasteiger partial charge in [-0.05, 0) is 12.2 Å². The minimum Gasteiger partial charge on any atom is -0.346 e. The van der Waals surface area contributed by atoms with Crippen LogP contribution in [0.4, 0.5) is 4.79 Å². The number of thiocarbonyl (C=S) groups is 1. The summed E-state index contributed by atoms with van der Waals surface area (Å²) in [7, 11) is 6.32. The maximum atomic E-state index is 11.1. The minimum atomic E-state index is -0.369. The molecule has 5 nitrogen and oxygen atoms in total. The van der Waals surface area contributed by atoms with E-state index in [0.717, 1.165) is 5.06 Å². The Morgan fingerprint density at radius 1 is 1.38 bits per heavy atom. The molecule has 0 unspecified atom stereocenters. The van der Waals surface area contributed by atoms with Crippen LogP contribution in [0.15, 0.2) is 0 Å². The predicted molar refractivity (Wildman–Crippen MR) is 55.1 cm³/mol. The molecular formula is C6H12N2O3S2. The summed E-state index contributed by atoms with van der Waals surface area (Å²) in [4.78, 5) is 17.6. The molecule has 0 aliphatic heterocycles. The number of carbonyl (C=O) groups is 1. The fourth-order valence-corrected chi connectivity index (χ4v) is 0.756. The topological polar surface area (TPSA) is 42.0 Å². The van der Waals surface area contributed by atoms with Crippen molar-refractivity contribution in [2.24, 2.45) is 0 Å². The van der Waals surface area contributed by atoms with E-state index < -0.39 is 0 Å². The lowest BCUT2D eigenvalue weighted by molar-refractivity contribution is 0.000956. The number of amides is 1. The molecule has 0 aromatic carbocycles. The van der Waals surface area contributed by atoms with Crippen molar-refractivity contribution in [2.75, 3.05) is 28.3 Å². The van der Waals surface area contributed by atoms with E-state index in [9.17, 15) is 4.79 Å². The molecule has 0 aliphatic carbocycles. The van der Waals surface area contributed by atoms with E-state index in [1.807, 2.05) is 0 Å². The lowest BCUT2D eigenvalue weighted by Crippen LogP contribution is -2.32. The first-order valence-electron chi connectivity index (χ1n) is 3.36. The highest BCUT2D eigenvalue weighted by Crippen LogP contribution is 2.07. The van der Waals surface area contributed by atoms with Crippen LogP contribution in [-0.2, 0) is 9.02 Å². The maximum absolute atomic E-state index is 11.1. The Bertz CT molecular complexity index is 198. The van der Waals surface area contributed by atoms with Gasteiger partial charge in [0.05, 0.1) is 19.2 Å². The molecule has 0 saturated carbocycles. The lowest BCUT2D eigenvalue weighted by atomic mass is 10.9. The predicted octanol–water partition coefficient (Wildman–Crippen LogP) is 1.11. The number of carbonyl (C=O) groups excluding carboxylic acids is 1. The Kier molecular flexibility index (Phi) is 5.76. The van der Waals surface area contributed by atoms with E-state index in [2.05, 4.69) is 4.18 Å². The van der Waals surface area contributed by atoms with Crippen LogP contribution in [-0.4, -0.2) is 48.6 Å². The fraction of sp³-hybridized carbons (Fsp3) is 0.667. The molecule has 0 spiro atoms. The normalized spacial score (nSPS) is 9.23. The third kappa shape index (κ3) is 4.91. The molecule has 0 aliphatic rings. The smallest absolute Gasteiger partial charge is 0.341 e. The van der Waals surface area contributed by atoms with Gasteiger partial charge < -0.3 is 13.9 Å². The molecule has 0 aromatic rings. The number of nitrogens with zero attached hydrogens (tertiary/aromatic N) is 2. The second-order valence-electron chi connectivity index (χ2n) is 2.26. The first kappa shape index (κ1) is 12.5. The van der Waals surface area contributed by atoms with Crippen molar-refractivity contribution in [2.45, 2.75) is 0 Å². The van der Waals surface area contributed by atoms with Crippen molar-refractivity contribution in [1.82, 2.24) is 9.96 Å². The summed E-state index contributed by atoms with van der Waals surface area (Å²) < 4.78 is 4.56. The Hall–Kier alpha value is -0.530. The van der Waals surface area contributed by atoms with Gasteiger partial charge >= 0.3 is 5.24 Å². The molecule has 0 saturated heterocycles. The first-order valence-corrected chi connectivity index (χ1v) is 4.51. The van der Waals surface area contributed by atoms with Crippen molar-refractivity contribution in [3.8, 4) is 0 Å². The molecule has 0 radical (unpaired) electrons. The van der Waals surface area contributed by atoms with Crippen LogP contribution in [0.25, 0.3) is 0 Å². The van der Waals surface area contributed by atoms with Crippen LogP contribution < -0.4 is 0 Å². The molecule has 0 N–H and O–H groups in total. The van der Waals surface area contributed by atoms with Gasteiger partial charge in [0.25, 0.3) is 5.17 Å². The Labute approximate surface area is 87.1 Å². The fourth-order valence-electron chi connectivity index (χ4n) is 0.360. The molecule has 0 fully saturated rings. The van der Waals surface area contributed by atoms with Crippen molar-refractivity contribution in [3.05, 3.63) is 0 Å². The highest BCUT2D eigenvalue weighted by atomic mass is 32.2. The molecule has 13 heavy (non-hydrogen) atoms. The minimum absolute atomic E-state index is 0.215. The van der Waals surface area contributed by atoms with Crippen molar-refractivity contribution in [3.63, 3.8) is 0 Å². The van der Waals surface area contributed by atoms with E-state index >= 15 is 0 Å². The van der Waals surface area contributed by atoms with Gasteiger partial charge in [0.2, 0.25) is 0 Å². The van der Waals surface area contributed by atoms with Gasteiger partial charge in [0, 0.05) is 21.1 Å². The highest BCUT2D eigenvalue weighted by Gasteiger charge is 2.13. The van der Waals surface area contributed by atoms with Crippen LogP contribution in [0.3, 0.4) is 0 Å². The van der Waals surface area contributed by atoms with Gasteiger partial charge in [-0.3, -0.25) is 4.79 Å². The Morgan fingerprint density at radius 3 is 2.31 bits per heavy atom. The van der Waals surface area contributed by atoms with Gasteiger partial charge in [-0.1, -0.05) is 0 Å². The average molecular weight is 224 g/mol. The quantitative estimate of drug-likeness (QED) is 0.377. The zero-order valence-corrected chi connectivity index (χ0v) is 9.57. The second kappa shape index (κ2) is 6.01. The number of hydrogen-bond acceptors (Lipinski definition) is 5. The molecule has 7 heteroatoms. The van der Waals surface area contributed by atoms with Gasteiger partial charge in [-0.2, -0.15) is 5.06 Å². The zero-order valence-electron chi connectivity index (χ0n) is 7.94. The van der Waals surface area contributed by atoms with Crippen LogP contribution >= 0.6 is 24.3 Å². The highest BCUT2D eigenvalue weighted by molar-refractivity contribution is 8.09. The van der Waals surface area contributed by atoms with Crippen molar-refractivity contribution < 1.29 is 13.8 Å². The van der Waals surface area contributed by atoms with Crippen molar-refractivity contribution in [1.29, 1.82) is 0 Å². The number of hydrogen-bond donors (Lipinski definition) is 0. The summed E-state index contributed by atoms with van der Waals surface area (Å²) in [5.41, 5.74) is 0. The molecule has 76 valence electrons. The third-order valence-corrected chi connectivity index (χ3v) is 2.00. The van der Waals surface area contributed by atoms with Crippen LogP contribution in [0, 0.1) is 0 Å². The summed E-state index contributed by atoms with van der Waals surface area (Å²) in [6.07, 6.45) is 0. The maximum Gasteiger partial charge on any atom is 0.341 e. The van der Waals surface area contributed by atoms with E-state index in [1.165, 1.54) is 14.2 Å². The van der Waals surface area contributed by atoms with Gasteiger partial charge in [0.1, 0.15) is 0 Å². The summed E-state index contributed by atoms with van der Waals surface area (Å²) >= 11 is 5.49. The van der Waals surface area contributed by atoms with Crippen LogP contribution in [0.2, 0.25) is 0 Å². The Balaban J connectivity index is 3.92. The monoisotopic (exact) mass is 224 g/mol. The summed E-state index contributed by atoms with van der Waals surface area (Å²) in [5.74, 6) is 0. The SMILES string of the molecule is COSC(=O)N(C)OC(=S)N(C)C. The van der Waals surface area contributed by atoms with Gasteiger partial charge in [-0.15, -0.1) is 0 Å². The van der Waals surface area contributed by atoms with Gasteiger partial charge in [0.15, 0.2) is 0 Å². The van der Waals surface area contributed by atoms with E-state index in [0.29, 0.717) is 12.0 Å². The number of rotatable bonds is 1. The largest absolute Gasteiger partial charge is 0.346 e. The summed E-state index contributed by atoms with van der Waals surface area (Å²) in [6, 6.07) is 0. The molecule has 0 rings (SSSR count). The van der Waals surface area contributed by atoms with Crippen LogP contribution in [0.1, 0.15) is 0 Å². The first-order chi connectivity index (χ1) is 5.99. The second-order valence-corrected chi connectivity index (χ2v) is 3.46. The standard InChI is InChI=1S/C6H12N2O3S2/c1-7(2)6(12)11-8(3)5(9)13-10-4/h1-4H3. The van der Waals surface area contributed by atoms with E-state index in [4.69, 9.17) is 17.1 Å². The van der Waals surface area contributed by atoms with Gasteiger partial charge in [-0.25, -0.2) is 0 Å². The van der Waals surface area contributed by atoms with Crippen LogP contribution in [0.5, 0.6) is 0 Å².